The Labute approximate surface area is 71.3 Å². The van der Waals surface area contributed by atoms with Gasteiger partial charge in [0.15, 0.2) is 0 Å². The number of thioether (sulfide) groups is 1. The van der Waals surface area contributed by atoms with Gasteiger partial charge >= 0.3 is 0 Å². The van der Waals surface area contributed by atoms with Crippen LogP contribution in [0.1, 0.15) is 6.92 Å². The molecule has 0 aromatic carbocycles. The molecule has 1 aliphatic heterocycles. The predicted octanol–water partition coefficient (Wildman–Crippen LogP) is -0.0910. The first kappa shape index (κ1) is 8.87. The van der Waals surface area contributed by atoms with Crippen molar-refractivity contribution in [1.29, 1.82) is 0 Å². The number of hydrogen-bond acceptors (Lipinski definition) is 3. The van der Waals surface area contributed by atoms with E-state index in [0.29, 0.717) is 0 Å². The lowest BCUT2D eigenvalue weighted by atomic mass is 10.1. The Balaban J connectivity index is 2.06. The Morgan fingerprint density at radius 3 is 3.00 bits per heavy atom. The number of likely N-dealkylation sites (tertiary alicyclic amines) is 1. The number of carbonyl (C=O) groups excluding carboxylic acids is 1. The van der Waals surface area contributed by atoms with Crippen molar-refractivity contribution in [3.8, 4) is 0 Å². The number of nitrogens with two attached hydrogens (primary N) is 1. The molecule has 1 aliphatic rings. The smallest absolute Gasteiger partial charge is 0.241 e. The second-order valence-corrected chi connectivity index (χ2v) is 3.98. The molecule has 64 valence electrons. The second kappa shape index (κ2) is 3.97. The molecule has 4 heteroatoms. The molecule has 0 saturated carbocycles. The molecule has 1 atom stereocenters. The number of β-lactam (4-membered cyclic amide) rings is 1. The van der Waals surface area contributed by atoms with Crippen LogP contribution in [0, 0.1) is 0 Å². The fourth-order valence-electron chi connectivity index (χ4n) is 1.05. The maximum Gasteiger partial charge on any atom is 0.241 e. The third-order valence-electron chi connectivity index (χ3n) is 1.76. The molecule has 1 heterocycles. The molecule has 11 heavy (non-hydrogen) atoms. The van der Waals surface area contributed by atoms with Crippen molar-refractivity contribution < 1.29 is 4.79 Å². The van der Waals surface area contributed by atoms with Crippen molar-refractivity contribution in [2.75, 3.05) is 24.6 Å². The van der Waals surface area contributed by atoms with Gasteiger partial charge in [0, 0.05) is 18.8 Å². The van der Waals surface area contributed by atoms with Crippen molar-refractivity contribution in [2.24, 2.45) is 5.73 Å². The van der Waals surface area contributed by atoms with E-state index >= 15 is 0 Å². The first-order valence-corrected chi connectivity index (χ1v) is 5.03. The van der Waals surface area contributed by atoms with Crippen LogP contribution in [0.15, 0.2) is 0 Å². The fraction of sp³-hybridized carbons (Fsp3) is 0.857. The summed E-state index contributed by atoms with van der Waals surface area (Å²) in [4.78, 5) is 12.8. The Morgan fingerprint density at radius 2 is 2.55 bits per heavy atom. The van der Waals surface area contributed by atoms with Gasteiger partial charge in [-0.3, -0.25) is 4.79 Å². The minimum atomic E-state index is -0.207. The van der Waals surface area contributed by atoms with E-state index in [2.05, 4.69) is 6.92 Å². The van der Waals surface area contributed by atoms with E-state index in [4.69, 9.17) is 5.73 Å². The summed E-state index contributed by atoms with van der Waals surface area (Å²) in [5, 5.41) is 0. The van der Waals surface area contributed by atoms with E-state index < -0.39 is 0 Å². The molecule has 1 unspecified atom stereocenters. The fourth-order valence-corrected chi connectivity index (χ4v) is 1.69. The molecule has 0 bridgehead atoms. The Hall–Kier alpha value is -0.220. The molecule has 2 N–H and O–H groups in total. The van der Waals surface area contributed by atoms with Gasteiger partial charge in [-0.05, 0) is 5.75 Å². The van der Waals surface area contributed by atoms with Gasteiger partial charge in [0.1, 0.15) is 6.04 Å². The normalized spacial score (nSPS) is 23.6. The van der Waals surface area contributed by atoms with E-state index in [0.717, 1.165) is 24.6 Å². The van der Waals surface area contributed by atoms with E-state index in [1.54, 1.807) is 0 Å². The second-order valence-electron chi connectivity index (χ2n) is 2.59. The molecule has 0 spiro atoms. The van der Waals surface area contributed by atoms with Crippen LogP contribution in [0.25, 0.3) is 0 Å². The molecule has 0 aromatic heterocycles. The predicted molar refractivity (Wildman–Crippen MR) is 47.6 cm³/mol. The van der Waals surface area contributed by atoms with E-state index in [1.807, 2.05) is 16.7 Å². The molecular formula is C7H14N2OS. The van der Waals surface area contributed by atoms with Gasteiger partial charge in [-0.2, -0.15) is 11.8 Å². The van der Waals surface area contributed by atoms with Crippen molar-refractivity contribution in [2.45, 2.75) is 13.0 Å². The van der Waals surface area contributed by atoms with E-state index in [9.17, 15) is 4.79 Å². The Morgan fingerprint density at radius 1 is 1.82 bits per heavy atom. The first-order chi connectivity index (χ1) is 5.25. The van der Waals surface area contributed by atoms with Crippen molar-refractivity contribution in [3.63, 3.8) is 0 Å². The molecule has 1 rings (SSSR count). The van der Waals surface area contributed by atoms with Gasteiger partial charge in [-0.15, -0.1) is 0 Å². The molecule has 3 nitrogen and oxygen atoms in total. The highest BCUT2D eigenvalue weighted by Crippen LogP contribution is 2.09. The number of nitrogens with zero attached hydrogens (tertiary/aromatic N) is 1. The SMILES string of the molecule is CCSCCN1CC(N)C1=O. The van der Waals surface area contributed by atoms with Crippen LogP contribution in [0.2, 0.25) is 0 Å². The van der Waals surface area contributed by atoms with E-state index in [-0.39, 0.29) is 11.9 Å². The van der Waals surface area contributed by atoms with Crippen LogP contribution in [-0.4, -0.2) is 41.4 Å². The highest BCUT2D eigenvalue weighted by atomic mass is 32.2. The van der Waals surface area contributed by atoms with Gasteiger partial charge < -0.3 is 10.6 Å². The van der Waals surface area contributed by atoms with Crippen molar-refractivity contribution >= 4 is 17.7 Å². The van der Waals surface area contributed by atoms with Crippen molar-refractivity contribution in [1.82, 2.24) is 4.90 Å². The summed E-state index contributed by atoms with van der Waals surface area (Å²) in [5.74, 6) is 2.27. The number of amides is 1. The first-order valence-electron chi connectivity index (χ1n) is 3.87. The summed E-state index contributed by atoms with van der Waals surface area (Å²) in [5.41, 5.74) is 5.42. The van der Waals surface area contributed by atoms with Crippen LogP contribution in [0.5, 0.6) is 0 Å². The van der Waals surface area contributed by atoms with Gasteiger partial charge in [-0.1, -0.05) is 6.92 Å². The molecule has 1 amide bonds. The third-order valence-corrected chi connectivity index (χ3v) is 2.64. The zero-order valence-corrected chi connectivity index (χ0v) is 7.56. The van der Waals surface area contributed by atoms with Crippen molar-refractivity contribution in [3.05, 3.63) is 0 Å². The summed E-state index contributed by atoms with van der Waals surface area (Å²) in [6.45, 7) is 3.74. The lowest BCUT2D eigenvalue weighted by molar-refractivity contribution is -0.141. The maximum absolute atomic E-state index is 10.9. The standard InChI is InChI=1S/C7H14N2OS/c1-2-11-4-3-9-5-6(8)7(9)10/h6H,2-5,8H2,1H3. The quantitative estimate of drug-likeness (QED) is 0.478. The number of hydrogen-bond donors (Lipinski definition) is 1. The van der Waals surface area contributed by atoms with Gasteiger partial charge in [0.05, 0.1) is 0 Å². The monoisotopic (exact) mass is 174 g/mol. The molecule has 0 aliphatic carbocycles. The summed E-state index contributed by atoms with van der Waals surface area (Å²) >= 11 is 1.85. The van der Waals surface area contributed by atoms with Crippen LogP contribution >= 0.6 is 11.8 Å². The number of rotatable bonds is 4. The van der Waals surface area contributed by atoms with Gasteiger partial charge in [0.25, 0.3) is 0 Å². The summed E-state index contributed by atoms with van der Waals surface area (Å²) in [6.07, 6.45) is 0. The average Bonchev–Trinajstić information content (AvgIpc) is 2.03. The molecule has 0 radical (unpaired) electrons. The lowest BCUT2D eigenvalue weighted by Gasteiger charge is -2.35. The third kappa shape index (κ3) is 2.10. The minimum absolute atomic E-state index is 0.113. The average molecular weight is 174 g/mol. The molecular weight excluding hydrogens is 160 g/mol. The van der Waals surface area contributed by atoms with Crippen LogP contribution in [-0.2, 0) is 4.79 Å². The highest BCUT2D eigenvalue weighted by molar-refractivity contribution is 7.99. The largest absolute Gasteiger partial charge is 0.338 e. The van der Waals surface area contributed by atoms with Gasteiger partial charge in [-0.25, -0.2) is 0 Å². The zero-order chi connectivity index (χ0) is 8.27. The zero-order valence-electron chi connectivity index (χ0n) is 6.75. The lowest BCUT2D eigenvalue weighted by Crippen LogP contribution is -2.61. The summed E-state index contributed by atoms with van der Waals surface area (Å²) in [6, 6.07) is -0.207. The summed E-state index contributed by atoms with van der Waals surface area (Å²) < 4.78 is 0. The summed E-state index contributed by atoms with van der Waals surface area (Å²) in [7, 11) is 0. The molecule has 1 saturated heterocycles. The van der Waals surface area contributed by atoms with Crippen LogP contribution < -0.4 is 5.73 Å². The minimum Gasteiger partial charge on any atom is -0.338 e. The number of carbonyl (C=O) groups is 1. The Kier molecular flexibility index (Phi) is 3.20. The molecule has 1 fully saturated rings. The van der Waals surface area contributed by atoms with Crippen LogP contribution in [0.3, 0.4) is 0 Å². The maximum atomic E-state index is 10.9. The molecule has 0 aromatic rings. The topological polar surface area (TPSA) is 46.3 Å². The Bertz CT molecular complexity index is 151. The van der Waals surface area contributed by atoms with E-state index in [1.165, 1.54) is 0 Å². The highest BCUT2D eigenvalue weighted by Gasteiger charge is 2.32. The van der Waals surface area contributed by atoms with Gasteiger partial charge in [0.2, 0.25) is 5.91 Å². The van der Waals surface area contributed by atoms with Crippen LogP contribution in [0.4, 0.5) is 0 Å².